The molecule has 0 spiro atoms. The quantitative estimate of drug-likeness (QED) is 0.298. The van der Waals surface area contributed by atoms with E-state index in [1.54, 1.807) is 15.9 Å². The molecule has 4 atom stereocenters. The topological polar surface area (TPSA) is 154 Å². The van der Waals surface area contributed by atoms with Crippen molar-refractivity contribution in [3.63, 3.8) is 0 Å². The van der Waals surface area contributed by atoms with Crippen molar-refractivity contribution < 1.29 is 33.8 Å². The Bertz CT molecular complexity index is 1400. The molecule has 3 amide bonds. The van der Waals surface area contributed by atoms with E-state index in [1.165, 1.54) is 0 Å². The lowest BCUT2D eigenvalue weighted by atomic mass is 10.0. The standard InChI is InChI=1S/C32H42N6O7/c1-5-6-15-44-31(41)37-13-11-36(12-14-37)30(40)26(19(2)3)35-29(39)24-16-25(34-28(33-24)21-9-7-20(4)8-10-21)38-17-22-23(18-38)27(22)45-32(42)43/h7-10,16,19,22-23,26-27H,5-6,11-15,17-18H2,1-4H3,(H,35,39)(H,42,43)/t22-,23+,26-,27?/m0/s1. The molecule has 242 valence electrons. The number of carboxylic acid groups (broad SMARTS) is 1. The number of fused-ring (bicyclic) bond motifs is 1. The molecule has 1 aliphatic carbocycles. The Morgan fingerprint density at radius 1 is 1.00 bits per heavy atom. The highest BCUT2D eigenvalue weighted by Gasteiger charge is 2.59. The van der Waals surface area contributed by atoms with Crippen LogP contribution in [-0.2, 0) is 14.3 Å². The van der Waals surface area contributed by atoms with Crippen LogP contribution >= 0.6 is 0 Å². The molecule has 3 aliphatic rings. The molecule has 45 heavy (non-hydrogen) atoms. The van der Waals surface area contributed by atoms with E-state index in [1.807, 2.05) is 56.9 Å². The van der Waals surface area contributed by atoms with E-state index in [0.717, 1.165) is 24.0 Å². The average molecular weight is 623 g/mol. The van der Waals surface area contributed by atoms with Crippen molar-refractivity contribution in [2.24, 2.45) is 17.8 Å². The number of amides is 3. The van der Waals surface area contributed by atoms with Crippen molar-refractivity contribution in [3.8, 4) is 11.4 Å². The normalized spacial score (nSPS) is 21.3. The van der Waals surface area contributed by atoms with Gasteiger partial charge < -0.3 is 34.6 Å². The van der Waals surface area contributed by atoms with Crippen molar-refractivity contribution >= 4 is 29.9 Å². The molecule has 0 radical (unpaired) electrons. The molecule has 1 unspecified atom stereocenters. The summed E-state index contributed by atoms with van der Waals surface area (Å²) in [5.74, 6) is 0.194. The third kappa shape index (κ3) is 7.46. The van der Waals surface area contributed by atoms with Gasteiger partial charge in [-0.05, 0) is 19.3 Å². The second kappa shape index (κ2) is 13.7. The first kappa shape index (κ1) is 32.0. The van der Waals surface area contributed by atoms with Crippen molar-refractivity contribution in [1.29, 1.82) is 0 Å². The van der Waals surface area contributed by atoms with Crippen molar-refractivity contribution in [1.82, 2.24) is 25.1 Å². The molecule has 2 saturated heterocycles. The highest BCUT2D eigenvalue weighted by Crippen LogP contribution is 2.48. The van der Waals surface area contributed by atoms with Crippen LogP contribution in [0, 0.1) is 24.7 Å². The largest absolute Gasteiger partial charge is 0.506 e. The molecular formula is C32H42N6O7. The number of piperidine rings is 1. The molecular weight excluding hydrogens is 580 g/mol. The monoisotopic (exact) mass is 622 g/mol. The third-order valence-electron chi connectivity index (χ3n) is 8.72. The first-order valence-corrected chi connectivity index (χ1v) is 15.7. The van der Waals surface area contributed by atoms with Gasteiger partial charge in [-0.3, -0.25) is 9.59 Å². The number of rotatable bonds is 10. The molecule has 3 heterocycles. The fourth-order valence-electron chi connectivity index (χ4n) is 5.92. The van der Waals surface area contributed by atoms with Gasteiger partial charge in [0, 0.05) is 62.7 Å². The molecule has 13 heteroatoms. The molecule has 2 N–H and O–H groups in total. The second-order valence-corrected chi connectivity index (χ2v) is 12.4. The summed E-state index contributed by atoms with van der Waals surface area (Å²) in [6.45, 7) is 10.7. The summed E-state index contributed by atoms with van der Waals surface area (Å²) in [6.07, 6.45) is -0.212. The predicted molar refractivity (Wildman–Crippen MR) is 165 cm³/mol. The Balaban J connectivity index is 1.29. The van der Waals surface area contributed by atoms with Gasteiger partial charge in [0.1, 0.15) is 23.7 Å². The van der Waals surface area contributed by atoms with Gasteiger partial charge in [0.25, 0.3) is 5.91 Å². The van der Waals surface area contributed by atoms with Gasteiger partial charge in [-0.15, -0.1) is 0 Å². The summed E-state index contributed by atoms with van der Waals surface area (Å²) in [5.41, 5.74) is 1.95. The SMILES string of the molecule is CCCCOC(=O)N1CCN(C(=O)[C@@H](NC(=O)c2cc(N3C[C@@H]4C(OC(=O)O)[C@@H]4C3)nc(-c3ccc(C)cc3)n2)C(C)C)CC1. The predicted octanol–water partition coefficient (Wildman–Crippen LogP) is 3.42. The van der Waals surface area contributed by atoms with Crippen LogP contribution in [0.3, 0.4) is 0 Å². The minimum absolute atomic E-state index is 0.0813. The summed E-state index contributed by atoms with van der Waals surface area (Å²) in [4.78, 5) is 65.3. The highest BCUT2D eigenvalue weighted by molar-refractivity contribution is 5.97. The number of unbranched alkanes of at least 4 members (excludes halogenated alkanes) is 1. The van der Waals surface area contributed by atoms with Gasteiger partial charge in [0.15, 0.2) is 5.82 Å². The first-order chi connectivity index (χ1) is 21.5. The smallest absolute Gasteiger partial charge is 0.450 e. The van der Waals surface area contributed by atoms with E-state index in [2.05, 4.69) is 10.3 Å². The van der Waals surface area contributed by atoms with Crippen LogP contribution in [0.5, 0.6) is 0 Å². The van der Waals surface area contributed by atoms with E-state index in [-0.39, 0.29) is 41.6 Å². The highest BCUT2D eigenvalue weighted by atomic mass is 16.7. The Hall–Kier alpha value is -4.42. The van der Waals surface area contributed by atoms with Crippen LogP contribution in [0.25, 0.3) is 11.4 Å². The van der Waals surface area contributed by atoms with Gasteiger partial charge in [-0.1, -0.05) is 57.0 Å². The number of nitrogens with zero attached hydrogens (tertiary/aromatic N) is 5. The van der Waals surface area contributed by atoms with Crippen LogP contribution in [0.2, 0.25) is 0 Å². The Labute approximate surface area is 262 Å². The number of piperazine rings is 1. The first-order valence-electron chi connectivity index (χ1n) is 15.7. The van der Waals surface area contributed by atoms with E-state index in [4.69, 9.17) is 19.6 Å². The zero-order valence-corrected chi connectivity index (χ0v) is 26.3. The number of benzene rings is 1. The Morgan fingerprint density at radius 3 is 2.24 bits per heavy atom. The van der Waals surface area contributed by atoms with Gasteiger partial charge >= 0.3 is 12.2 Å². The van der Waals surface area contributed by atoms with Crippen LogP contribution in [0.15, 0.2) is 30.3 Å². The van der Waals surface area contributed by atoms with Crippen molar-refractivity contribution in [2.75, 3.05) is 50.8 Å². The molecule has 2 aliphatic heterocycles. The Morgan fingerprint density at radius 2 is 1.64 bits per heavy atom. The minimum Gasteiger partial charge on any atom is -0.450 e. The molecule has 13 nitrogen and oxygen atoms in total. The molecule has 3 fully saturated rings. The number of hydrogen-bond donors (Lipinski definition) is 2. The summed E-state index contributed by atoms with van der Waals surface area (Å²) < 4.78 is 10.3. The van der Waals surface area contributed by atoms with Gasteiger partial charge in [-0.25, -0.2) is 19.6 Å². The average Bonchev–Trinajstić information content (AvgIpc) is 3.43. The van der Waals surface area contributed by atoms with E-state index < -0.39 is 18.1 Å². The number of carbonyl (C=O) groups excluding carboxylic acids is 3. The van der Waals surface area contributed by atoms with Crippen LogP contribution < -0.4 is 10.2 Å². The van der Waals surface area contributed by atoms with Crippen molar-refractivity contribution in [2.45, 2.75) is 52.7 Å². The van der Waals surface area contributed by atoms with Gasteiger partial charge in [0.2, 0.25) is 5.91 Å². The van der Waals surface area contributed by atoms with Crippen LogP contribution in [0.1, 0.15) is 49.7 Å². The molecule has 1 saturated carbocycles. The molecule has 5 rings (SSSR count). The second-order valence-electron chi connectivity index (χ2n) is 12.4. The minimum atomic E-state index is -1.27. The number of carbonyl (C=O) groups is 4. The number of nitrogens with one attached hydrogen (secondary N) is 1. The number of anilines is 1. The van der Waals surface area contributed by atoms with E-state index in [0.29, 0.717) is 57.5 Å². The maximum atomic E-state index is 13.7. The summed E-state index contributed by atoms with van der Waals surface area (Å²) in [5, 5.41) is 11.9. The van der Waals surface area contributed by atoms with Gasteiger partial charge in [-0.2, -0.15) is 0 Å². The number of ether oxygens (including phenoxy) is 2. The Kier molecular flexibility index (Phi) is 9.74. The lowest BCUT2D eigenvalue weighted by molar-refractivity contribution is -0.136. The lowest BCUT2D eigenvalue weighted by Crippen LogP contribution is -2.57. The van der Waals surface area contributed by atoms with Crippen molar-refractivity contribution in [3.05, 3.63) is 41.6 Å². The van der Waals surface area contributed by atoms with E-state index in [9.17, 15) is 19.2 Å². The van der Waals surface area contributed by atoms with Gasteiger partial charge in [0.05, 0.1) is 6.61 Å². The zero-order valence-electron chi connectivity index (χ0n) is 26.3. The molecule has 1 aromatic heterocycles. The summed E-state index contributed by atoms with van der Waals surface area (Å²) in [6, 6.07) is 8.51. The van der Waals surface area contributed by atoms with Crippen LogP contribution in [-0.4, -0.2) is 107 Å². The zero-order chi connectivity index (χ0) is 32.2. The number of hydrogen-bond acceptors (Lipinski definition) is 9. The van der Waals surface area contributed by atoms with E-state index >= 15 is 0 Å². The fraction of sp³-hybridized carbons (Fsp3) is 0.562. The summed E-state index contributed by atoms with van der Waals surface area (Å²) >= 11 is 0. The van der Waals surface area contributed by atoms with Crippen LogP contribution in [0.4, 0.5) is 15.4 Å². The fourth-order valence-corrected chi connectivity index (χ4v) is 5.92. The maximum absolute atomic E-state index is 13.7. The lowest BCUT2D eigenvalue weighted by Gasteiger charge is -2.36. The maximum Gasteiger partial charge on any atom is 0.506 e. The number of aryl methyl sites for hydroxylation is 1. The third-order valence-corrected chi connectivity index (χ3v) is 8.72. The number of aromatic nitrogens is 2. The molecule has 1 aromatic carbocycles. The summed E-state index contributed by atoms with van der Waals surface area (Å²) in [7, 11) is 0. The molecule has 2 aromatic rings. The molecule has 0 bridgehead atoms.